The predicted octanol–water partition coefficient (Wildman–Crippen LogP) is 1.69. The zero-order chi connectivity index (χ0) is 12.4. The molecule has 1 aromatic heterocycles. The van der Waals surface area contributed by atoms with Crippen LogP contribution in [0.1, 0.15) is 33.5 Å². The molecule has 4 nitrogen and oxygen atoms in total. The van der Waals surface area contributed by atoms with Crippen molar-refractivity contribution in [3.63, 3.8) is 0 Å². The number of carbonyl (C=O) groups is 2. The molecular weight excluding hydrogens is 238 g/mol. The molecule has 0 radical (unpaired) electrons. The van der Waals surface area contributed by atoms with E-state index in [0.717, 1.165) is 12.8 Å². The molecule has 0 bridgehead atoms. The lowest BCUT2D eigenvalue weighted by Gasteiger charge is -2.06. The highest BCUT2D eigenvalue weighted by atomic mass is 32.1. The fourth-order valence-corrected chi connectivity index (χ4v) is 3.03. The average molecular weight is 253 g/mol. The van der Waals surface area contributed by atoms with Gasteiger partial charge in [0.05, 0.1) is 10.8 Å². The standard InChI is InChI=1S/C12H15NO3S/c1-7(12(15)16)6-13-11(14)10-5-8-3-2-4-9(8)17-10/h5,7H,2-4,6H2,1H3,(H,13,14)(H,15,16). The summed E-state index contributed by atoms with van der Waals surface area (Å²) in [6.45, 7) is 1.76. The largest absolute Gasteiger partial charge is 0.481 e. The van der Waals surface area contributed by atoms with Gasteiger partial charge in [0, 0.05) is 11.4 Å². The normalized spacial score (nSPS) is 15.4. The number of carboxylic acids is 1. The number of rotatable bonds is 4. The van der Waals surface area contributed by atoms with E-state index in [9.17, 15) is 9.59 Å². The molecule has 2 rings (SSSR count). The third-order valence-electron chi connectivity index (χ3n) is 2.96. The lowest BCUT2D eigenvalue weighted by atomic mass is 10.2. The van der Waals surface area contributed by atoms with Crippen LogP contribution in [-0.2, 0) is 17.6 Å². The molecule has 1 atom stereocenters. The molecule has 1 amide bonds. The van der Waals surface area contributed by atoms with Crippen molar-refractivity contribution in [2.75, 3.05) is 6.54 Å². The maximum atomic E-state index is 11.8. The number of hydrogen-bond donors (Lipinski definition) is 2. The molecule has 1 aromatic rings. The van der Waals surface area contributed by atoms with Gasteiger partial charge in [-0.3, -0.25) is 9.59 Å². The van der Waals surface area contributed by atoms with Crippen LogP contribution in [0.3, 0.4) is 0 Å². The number of aryl methyl sites for hydroxylation is 2. The quantitative estimate of drug-likeness (QED) is 0.858. The zero-order valence-electron chi connectivity index (χ0n) is 9.66. The number of carboxylic acid groups (broad SMARTS) is 1. The minimum Gasteiger partial charge on any atom is -0.481 e. The maximum Gasteiger partial charge on any atom is 0.308 e. The molecule has 0 saturated carbocycles. The number of nitrogens with one attached hydrogen (secondary N) is 1. The van der Waals surface area contributed by atoms with Gasteiger partial charge in [-0.2, -0.15) is 0 Å². The van der Waals surface area contributed by atoms with E-state index in [1.54, 1.807) is 6.92 Å². The molecular formula is C12H15NO3S. The smallest absolute Gasteiger partial charge is 0.308 e. The van der Waals surface area contributed by atoms with Gasteiger partial charge in [-0.05, 0) is 30.9 Å². The molecule has 0 saturated heterocycles. The second kappa shape index (κ2) is 4.87. The van der Waals surface area contributed by atoms with Gasteiger partial charge in [0.15, 0.2) is 0 Å². The number of fused-ring (bicyclic) bond motifs is 1. The highest BCUT2D eigenvalue weighted by molar-refractivity contribution is 7.14. The van der Waals surface area contributed by atoms with Crippen LogP contribution in [0.4, 0.5) is 0 Å². The predicted molar refractivity (Wildman–Crippen MR) is 65.5 cm³/mol. The van der Waals surface area contributed by atoms with Crippen LogP contribution in [0.25, 0.3) is 0 Å². The summed E-state index contributed by atoms with van der Waals surface area (Å²) in [7, 11) is 0. The van der Waals surface area contributed by atoms with Crippen molar-refractivity contribution in [3.05, 3.63) is 21.4 Å². The Hall–Kier alpha value is -1.36. The SMILES string of the molecule is CC(CNC(=O)c1cc2c(s1)CCC2)C(=O)O. The molecule has 0 fully saturated rings. The first-order chi connectivity index (χ1) is 8.08. The number of aliphatic carboxylic acids is 1. The van der Waals surface area contributed by atoms with E-state index in [4.69, 9.17) is 5.11 Å². The molecule has 1 aliphatic carbocycles. The highest BCUT2D eigenvalue weighted by Gasteiger charge is 2.19. The van der Waals surface area contributed by atoms with Crippen LogP contribution in [0.15, 0.2) is 6.07 Å². The Balaban J connectivity index is 1.93. The lowest BCUT2D eigenvalue weighted by molar-refractivity contribution is -0.140. The summed E-state index contributed by atoms with van der Waals surface area (Å²) in [6.07, 6.45) is 3.31. The maximum absolute atomic E-state index is 11.8. The van der Waals surface area contributed by atoms with E-state index in [1.165, 1.54) is 28.2 Å². The Morgan fingerprint density at radius 2 is 2.29 bits per heavy atom. The Morgan fingerprint density at radius 3 is 2.94 bits per heavy atom. The summed E-state index contributed by atoms with van der Waals surface area (Å²) in [5, 5.41) is 11.4. The lowest BCUT2D eigenvalue weighted by Crippen LogP contribution is -2.30. The van der Waals surface area contributed by atoms with Crippen molar-refractivity contribution in [2.24, 2.45) is 5.92 Å². The minimum atomic E-state index is -0.890. The van der Waals surface area contributed by atoms with Crippen LogP contribution < -0.4 is 5.32 Å². The van der Waals surface area contributed by atoms with Gasteiger partial charge in [0.2, 0.25) is 0 Å². The zero-order valence-corrected chi connectivity index (χ0v) is 10.5. The highest BCUT2D eigenvalue weighted by Crippen LogP contribution is 2.30. The molecule has 0 spiro atoms. The van der Waals surface area contributed by atoms with Crippen molar-refractivity contribution in [1.29, 1.82) is 0 Å². The van der Waals surface area contributed by atoms with Gasteiger partial charge in [0.1, 0.15) is 0 Å². The van der Waals surface area contributed by atoms with E-state index >= 15 is 0 Å². The Bertz CT molecular complexity index is 431. The summed E-state index contributed by atoms with van der Waals surface area (Å²) >= 11 is 1.53. The first kappa shape index (κ1) is 12.1. The van der Waals surface area contributed by atoms with E-state index in [1.807, 2.05) is 6.07 Å². The average Bonchev–Trinajstić information content (AvgIpc) is 2.84. The Morgan fingerprint density at radius 1 is 1.53 bits per heavy atom. The summed E-state index contributed by atoms with van der Waals surface area (Å²) in [5.41, 5.74) is 1.28. The minimum absolute atomic E-state index is 0.155. The van der Waals surface area contributed by atoms with Gasteiger partial charge in [-0.15, -0.1) is 11.3 Å². The molecule has 5 heteroatoms. The van der Waals surface area contributed by atoms with Crippen molar-refractivity contribution in [3.8, 4) is 0 Å². The molecule has 0 aromatic carbocycles. The van der Waals surface area contributed by atoms with Gasteiger partial charge in [-0.1, -0.05) is 6.92 Å². The second-order valence-corrected chi connectivity index (χ2v) is 5.50. The number of amides is 1. The molecule has 1 unspecified atom stereocenters. The van der Waals surface area contributed by atoms with Crippen LogP contribution in [0.5, 0.6) is 0 Å². The first-order valence-electron chi connectivity index (χ1n) is 5.70. The third kappa shape index (κ3) is 2.66. The van der Waals surface area contributed by atoms with Gasteiger partial charge < -0.3 is 10.4 Å². The second-order valence-electron chi connectivity index (χ2n) is 4.36. The van der Waals surface area contributed by atoms with Crippen LogP contribution >= 0.6 is 11.3 Å². The third-order valence-corrected chi connectivity index (χ3v) is 4.20. The van der Waals surface area contributed by atoms with Crippen LogP contribution in [0.2, 0.25) is 0 Å². The molecule has 1 heterocycles. The molecule has 2 N–H and O–H groups in total. The van der Waals surface area contributed by atoms with E-state index in [2.05, 4.69) is 5.32 Å². The van der Waals surface area contributed by atoms with Crippen molar-refractivity contribution in [2.45, 2.75) is 26.2 Å². The van der Waals surface area contributed by atoms with Crippen molar-refractivity contribution in [1.82, 2.24) is 5.32 Å². The number of thiophene rings is 1. The van der Waals surface area contributed by atoms with Crippen molar-refractivity contribution >= 4 is 23.2 Å². The van der Waals surface area contributed by atoms with Gasteiger partial charge in [-0.25, -0.2) is 0 Å². The summed E-state index contributed by atoms with van der Waals surface area (Å²) in [5.74, 6) is -1.60. The van der Waals surface area contributed by atoms with E-state index in [-0.39, 0.29) is 12.5 Å². The molecule has 1 aliphatic rings. The van der Waals surface area contributed by atoms with Crippen LogP contribution in [-0.4, -0.2) is 23.5 Å². The fourth-order valence-electron chi connectivity index (χ4n) is 1.86. The summed E-state index contributed by atoms with van der Waals surface area (Å²) < 4.78 is 0. The first-order valence-corrected chi connectivity index (χ1v) is 6.52. The van der Waals surface area contributed by atoms with Gasteiger partial charge in [0.25, 0.3) is 5.91 Å². The molecule has 0 aliphatic heterocycles. The van der Waals surface area contributed by atoms with E-state index < -0.39 is 11.9 Å². The number of carbonyl (C=O) groups excluding carboxylic acids is 1. The summed E-state index contributed by atoms with van der Waals surface area (Å²) in [4.78, 5) is 24.4. The number of hydrogen-bond acceptors (Lipinski definition) is 3. The Kier molecular flexibility index (Phi) is 3.47. The Labute approximate surface area is 104 Å². The molecule has 17 heavy (non-hydrogen) atoms. The van der Waals surface area contributed by atoms with Gasteiger partial charge >= 0.3 is 5.97 Å². The van der Waals surface area contributed by atoms with E-state index in [0.29, 0.717) is 4.88 Å². The molecule has 92 valence electrons. The topological polar surface area (TPSA) is 66.4 Å². The van der Waals surface area contributed by atoms with Crippen molar-refractivity contribution < 1.29 is 14.7 Å². The summed E-state index contributed by atoms with van der Waals surface area (Å²) in [6, 6.07) is 1.94. The monoisotopic (exact) mass is 253 g/mol. The fraction of sp³-hybridized carbons (Fsp3) is 0.500. The van der Waals surface area contributed by atoms with Crippen LogP contribution in [0, 0.1) is 5.92 Å².